The normalized spacial score (nSPS) is 44.6. The molecule has 14 heteroatoms. The van der Waals surface area contributed by atoms with Gasteiger partial charge < -0.3 is 63.5 Å². The van der Waals surface area contributed by atoms with Crippen LogP contribution in [-0.4, -0.2) is 117 Å². The van der Waals surface area contributed by atoms with Gasteiger partial charge in [-0.25, -0.2) is 0 Å². The topological polar surface area (TPSA) is 186 Å². The van der Waals surface area contributed by atoms with Crippen LogP contribution in [0.4, 0.5) is 0 Å². The van der Waals surface area contributed by atoms with Gasteiger partial charge in [0.25, 0.3) is 0 Å². The molecule has 7 rings (SSSR count). The molecule has 322 valence electrons. The Hall–Kier alpha value is -0.114. The molecule has 0 bridgehead atoms. The van der Waals surface area contributed by atoms with Crippen molar-refractivity contribution in [3.63, 3.8) is 0 Å². The van der Waals surface area contributed by atoms with E-state index in [0.717, 1.165) is 50.7 Å². The number of hydrogen-bond acceptors (Lipinski definition) is 13. The van der Waals surface area contributed by atoms with Gasteiger partial charge in [-0.15, -0.1) is 0 Å². The second kappa shape index (κ2) is 18.9. The van der Waals surface area contributed by atoms with E-state index in [1.54, 1.807) is 6.08 Å². The van der Waals surface area contributed by atoms with E-state index in [9.17, 15) is 30.3 Å². The van der Waals surface area contributed by atoms with Crippen molar-refractivity contribution in [2.75, 3.05) is 6.61 Å². The molecule has 7 aliphatic rings. The molecule has 0 aromatic carbocycles. The number of ether oxygens (including phenoxy) is 7. The summed E-state index contributed by atoms with van der Waals surface area (Å²) < 4.78 is 45.2. The van der Waals surface area contributed by atoms with Crippen molar-refractivity contribution < 1.29 is 115 Å². The Labute approximate surface area is 386 Å². The van der Waals surface area contributed by atoms with Gasteiger partial charge >= 0.3 is 51.4 Å². The Kier molecular flexibility index (Phi) is 15.5. The molecular weight excluding hydrogens is 776 g/mol. The summed E-state index contributed by atoms with van der Waals surface area (Å²) in [5.41, 5.74) is -0.677. The Balaban J connectivity index is 0.00000567. The monoisotopic (exact) mass is 842 g/mol. The zero-order valence-electron chi connectivity index (χ0n) is 35.5. The molecule has 4 N–H and O–H groups in total. The van der Waals surface area contributed by atoms with Gasteiger partial charge in [0.1, 0.15) is 30.0 Å². The van der Waals surface area contributed by atoms with Gasteiger partial charge in [-0.1, -0.05) is 45.1 Å². The first kappa shape index (κ1) is 47.4. The predicted octanol–water partition coefficient (Wildman–Crippen LogP) is 0.883. The number of aliphatic hydroxyl groups is 4. The van der Waals surface area contributed by atoms with Gasteiger partial charge in [-0.3, -0.25) is 0 Å². The number of carboxylic acid groups (broad SMARTS) is 1. The summed E-state index contributed by atoms with van der Waals surface area (Å²) in [4.78, 5) is 11.5. The van der Waals surface area contributed by atoms with Crippen LogP contribution >= 0.6 is 0 Å². The third-order valence-corrected chi connectivity index (χ3v) is 14.0. The summed E-state index contributed by atoms with van der Waals surface area (Å²) in [7, 11) is 0. The van der Waals surface area contributed by atoms with Gasteiger partial charge in [0.05, 0.1) is 49.2 Å². The zero-order chi connectivity index (χ0) is 40.9. The van der Waals surface area contributed by atoms with Gasteiger partial charge in [0.2, 0.25) is 5.79 Å². The molecule has 7 aliphatic heterocycles. The Morgan fingerprint density at radius 1 is 1.02 bits per heavy atom. The second-order valence-electron chi connectivity index (χ2n) is 18.9. The first-order valence-corrected chi connectivity index (χ1v) is 21.6. The van der Waals surface area contributed by atoms with Crippen LogP contribution < -0.4 is 56.5 Å². The van der Waals surface area contributed by atoms with E-state index in [1.807, 2.05) is 26.0 Å². The van der Waals surface area contributed by atoms with Crippen molar-refractivity contribution in [3.05, 3.63) is 36.0 Å². The summed E-state index contributed by atoms with van der Waals surface area (Å²) in [5, 5.41) is 56.0. The standard InChI is InChI=1S/C44H68O13.K/c1-25-21-34(55-44(23-25)35(46)12-11-31(54-44)24-41(6,50)40(48)49)26(2)9-10-30-14-18-43(53-30)19-15-33-39(57-43)36(47)29(5)38(52-33)32(45)22-28(4)37-27(3)13-17-42(56-37)16-7-8-20-51-42;/h9-10,23,26-28,30-39,45-47,50H,5,7-8,11-22,24H2,1-4,6H3,(H,48,49);/q;+1/p-1/t26-,27-,28+,30+,31+,32+,33-,34+,35-,36-,37+,38+,39-,41-,42+,43-,44-;/m1./s1. The van der Waals surface area contributed by atoms with E-state index < -0.39 is 71.7 Å². The molecule has 58 heavy (non-hydrogen) atoms. The maximum Gasteiger partial charge on any atom is 1.00 e. The molecule has 0 amide bonds. The van der Waals surface area contributed by atoms with Gasteiger partial charge in [0, 0.05) is 38.0 Å². The van der Waals surface area contributed by atoms with Crippen LogP contribution in [0.2, 0.25) is 0 Å². The summed E-state index contributed by atoms with van der Waals surface area (Å²) >= 11 is 0. The molecule has 3 spiro atoms. The second-order valence-corrected chi connectivity index (χ2v) is 18.9. The van der Waals surface area contributed by atoms with Crippen molar-refractivity contribution in [1.29, 1.82) is 0 Å². The third-order valence-electron chi connectivity index (χ3n) is 14.0. The van der Waals surface area contributed by atoms with E-state index in [1.165, 1.54) is 6.92 Å². The maximum absolute atomic E-state index is 11.5. The average Bonchev–Trinajstić information content (AvgIpc) is 3.56. The van der Waals surface area contributed by atoms with E-state index in [-0.39, 0.29) is 88.0 Å². The van der Waals surface area contributed by atoms with Crippen molar-refractivity contribution in [2.24, 2.45) is 17.8 Å². The molecule has 0 aliphatic carbocycles. The van der Waals surface area contributed by atoms with Gasteiger partial charge in [-0.05, 0) is 95.1 Å². The van der Waals surface area contributed by atoms with E-state index >= 15 is 0 Å². The SMILES string of the molecule is C=C1[C@@H](O)[C@@H]2O[C@]3(CC[C@H](C=C[C@@H](C)[C@@H]4CC(C)=C[C@@]5(O[C@H](C[C@@](C)(O)C(=O)[O-])CC[C@H]5O)O4)O3)CC[C@H]2O[C@@H]1[C@@H](O)C[C@H](C)[C@H]1O[C@@]2(CCCCO2)CC[C@H]1C.[K+]. The number of aliphatic hydroxyl groups excluding tert-OH is 3. The maximum atomic E-state index is 11.5. The Morgan fingerprint density at radius 2 is 1.76 bits per heavy atom. The molecule has 0 unspecified atom stereocenters. The van der Waals surface area contributed by atoms with E-state index in [2.05, 4.69) is 20.4 Å². The molecule has 0 aromatic rings. The molecule has 13 nitrogen and oxygen atoms in total. The van der Waals surface area contributed by atoms with E-state index in [0.29, 0.717) is 56.4 Å². The first-order chi connectivity index (χ1) is 26.9. The quantitative estimate of drug-likeness (QED) is 0.180. The van der Waals surface area contributed by atoms with Gasteiger partial charge in [0.15, 0.2) is 11.6 Å². The fourth-order valence-electron chi connectivity index (χ4n) is 10.5. The molecule has 0 saturated carbocycles. The predicted molar refractivity (Wildman–Crippen MR) is 205 cm³/mol. The van der Waals surface area contributed by atoms with Crippen molar-refractivity contribution >= 4 is 5.97 Å². The Morgan fingerprint density at radius 3 is 2.48 bits per heavy atom. The van der Waals surface area contributed by atoms with Crippen LogP contribution in [0, 0.1) is 17.8 Å². The molecule has 17 atom stereocenters. The molecule has 0 aromatic heterocycles. The molecule has 0 radical (unpaired) electrons. The third kappa shape index (κ3) is 10.1. The molecule has 6 fully saturated rings. The Bertz CT molecular complexity index is 1510. The van der Waals surface area contributed by atoms with Crippen LogP contribution in [0.1, 0.15) is 125 Å². The number of carbonyl (C=O) groups is 1. The van der Waals surface area contributed by atoms with Crippen molar-refractivity contribution in [2.45, 2.75) is 209 Å². The van der Waals surface area contributed by atoms with Crippen LogP contribution in [0.3, 0.4) is 0 Å². The summed E-state index contributed by atoms with van der Waals surface area (Å²) in [6, 6.07) is 0. The van der Waals surface area contributed by atoms with E-state index in [4.69, 9.17) is 33.2 Å². The molecular formula is C44H67KO13. The number of carbonyl (C=O) groups excluding carboxylic acids is 1. The summed E-state index contributed by atoms with van der Waals surface area (Å²) in [5.74, 6) is -4.11. The minimum atomic E-state index is -2.07. The number of aliphatic carboxylic acids is 1. The average molecular weight is 843 g/mol. The van der Waals surface area contributed by atoms with Crippen LogP contribution in [0.5, 0.6) is 0 Å². The minimum absolute atomic E-state index is 0. The smallest absolute Gasteiger partial charge is 0.547 e. The number of rotatable bonds is 10. The molecule has 7 heterocycles. The summed E-state index contributed by atoms with van der Waals surface area (Å²) in [6.45, 7) is 14.4. The van der Waals surface area contributed by atoms with Crippen molar-refractivity contribution in [1.82, 2.24) is 0 Å². The largest absolute Gasteiger partial charge is 1.00 e. The summed E-state index contributed by atoms with van der Waals surface area (Å²) in [6.07, 6.45) is 9.10. The van der Waals surface area contributed by atoms with Gasteiger partial charge in [-0.2, -0.15) is 0 Å². The fourth-order valence-corrected chi connectivity index (χ4v) is 10.5. The first-order valence-electron chi connectivity index (χ1n) is 21.6. The number of hydrogen-bond donors (Lipinski definition) is 4. The van der Waals surface area contributed by atoms with Crippen LogP contribution in [-0.2, 0) is 38.0 Å². The fraction of sp³-hybridized carbons (Fsp3) is 0.841. The van der Waals surface area contributed by atoms with Crippen LogP contribution in [0.15, 0.2) is 36.0 Å². The zero-order valence-corrected chi connectivity index (χ0v) is 38.6. The van der Waals surface area contributed by atoms with Crippen molar-refractivity contribution in [3.8, 4) is 0 Å². The number of carboxylic acids is 1. The molecule has 6 saturated heterocycles. The van der Waals surface area contributed by atoms with Crippen LogP contribution in [0.25, 0.3) is 0 Å². The minimum Gasteiger partial charge on any atom is -0.547 e. The number of fused-ring (bicyclic) bond motifs is 1.